The van der Waals surface area contributed by atoms with Crippen LogP contribution in [0.2, 0.25) is 0 Å². The van der Waals surface area contributed by atoms with Gasteiger partial charge in [0.25, 0.3) is 0 Å². The van der Waals surface area contributed by atoms with Crippen LogP contribution in [-0.2, 0) is 6.42 Å². The lowest BCUT2D eigenvalue weighted by atomic mass is 10.1. The summed E-state index contributed by atoms with van der Waals surface area (Å²) in [6.45, 7) is 10.3. The molecular formula is C19H29NO. The lowest BCUT2D eigenvalue weighted by Crippen LogP contribution is -2.22. The first kappa shape index (κ1) is 17.6. The summed E-state index contributed by atoms with van der Waals surface area (Å²) >= 11 is 0. The van der Waals surface area contributed by atoms with Crippen LogP contribution in [0.4, 0.5) is 0 Å². The van der Waals surface area contributed by atoms with Crippen LogP contribution in [0.15, 0.2) is 24.3 Å². The van der Waals surface area contributed by atoms with Gasteiger partial charge < -0.3 is 4.74 Å². The third-order valence-electron chi connectivity index (χ3n) is 3.46. The molecule has 0 aliphatic rings. The molecule has 1 rings (SSSR count). The second-order valence-corrected chi connectivity index (χ2v) is 5.16. The summed E-state index contributed by atoms with van der Waals surface area (Å²) in [5, 5.41) is 0. The van der Waals surface area contributed by atoms with Crippen LogP contribution < -0.4 is 4.74 Å². The Kier molecular flexibility index (Phi) is 9.40. The first-order chi connectivity index (χ1) is 10.3. The van der Waals surface area contributed by atoms with Crippen molar-refractivity contribution in [3.8, 4) is 17.6 Å². The molecule has 0 bridgehead atoms. The van der Waals surface area contributed by atoms with Gasteiger partial charge >= 0.3 is 0 Å². The SMILES string of the molecule is CCCOc1cccc(CCCC#CCN(CC)CC)c1. The third kappa shape index (κ3) is 7.78. The number of unbranched alkanes of at least 4 members (excludes halogenated alkanes) is 1. The highest BCUT2D eigenvalue weighted by atomic mass is 16.5. The van der Waals surface area contributed by atoms with Gasteiger partial charge in [0.05, 0.1) is 13.2 Å². The van der Waals surface area contributed by atoms with E-state index in [1.54, 1.807) is 0 Å². The van der Waals surface area contributed by atoms with Crippen LogP contribution in [0.3, 0.4) is 0 Å². The third-order valence-corrected chi connectivity index (χ3v) is 3.46. The van der Waals surface area contributed by atoms with E-state index >= 15 is 0 Å². The Morgan fingerprint density at radius 2 is 1.90 bits per heavy atom. The fraction of sp³-hybridized carbons (Fsp3) is 0.579. The minimum atomic E-state index is 0.792. The van der Waals surface area contributed by atoms with Gasteiger partial charge in [0.15, 0.2) is 0 Å². The summed E-state index contributed by atoms with van der Waals surface area (Å²) in [6.07, 6.45) is 4.21. The fourth-order valence-electron chi connectivity index (χ4n) is 2.09. The Balaban J connectivity index is 2.28. The van der Waals surface area contributed by atoms with Crippen molar-refractivity contribution in [2.45, 2.75) is 46.5 Å². The van der Waals surface area contributed by atoms with Crippen LogP contribution >= 0.6 is 0 Å². The highest BCUT2D eigenvalue weighted by Gasteiger charge is 1.97. The maximum atomic E-state index is 5.66. The Hall–Kier alpha value is -1.46. The molecule has 116 valence electrons. The van der Waals surface area contributed by atoms with E-state index in [0.717, 1.165) is 57.7 Å². The lowest BCUT2D eigenvalue weighted by Gasteiger charge is -2.13. The summed E-state index contributed by atoms with van der Waals surface area (Å²) in [7, 11) is 0. The molecule has 0 radical (unpaired) electrons. The summed E-state index contributed by atoms with van der Waals surface area (Å²) in [6, 6.07) is 8.43. The van der Waals surface area contributed by atoms with Crippen molar-refractivity contribution in [2.24, 2.45) is 0 Å². The van der Waals surface area contributed by atoms with Crippen molar-refractivity contribution >= 4 is 0 Å². The fourth-order valence-corrected chi connectivity index (χ4v) is 2.09. The van der Waals surface area contributed by atoms with Crippen LogP contribution in [0.5, 0.6) is 5.75 Å². The quantitative estimate of drug-likeness (QED) is 0.500. The number of aryl methyl sites for hydroxylation is 1. The normalized spacial score (nSPS) is 10.3. The number of nitrogens with zero attached hydrogens (tertiary/aromatic N) is 1. The molecule has 0 unspecified atom stereocenters. The Morgan fingerprint density at radius 3 is 2.62 bits per heavy atom. The Labute approximate surface area is 130 Å². The molecule has 2 nitrogen and oxygen atoms in total. The second kappa shape index (κ2) is 11.2. The Bertz CT molecular complexity index is 440. The molecule has 1 aromatic carbocycles. The van der Waals surface area contributed by atoms with Gasteiger partial charge in [-0.05, 0) is 50.0 Å². The molecule has 0 atom stereocenters. The van der Waals surface area contributed by atoms with Crippen molar-refractivity contribution in [1.82, 2.24) is 4.90 Å². The number of benzene rings is 1. The van der Waals surface area contributed by atoms with E-state index < -0.39 is 0 Å². The predicted molar refractivity (Wildman–Crippen MR) is 90.7 cm³/mol. The Morgan fingerprint density at radius 1 is 1.10 bits per heavy atom. The largest absolute Gasteiger partial charge is 0.494 e. The molecular weight excluding hydrogens is 258 g/mol. The molecule has 0 aliphatic heterocycles. The van der Waals surface area contributed by atoms with E-state index in [2.05, 4.69) is 55.7 Å². The zero-order valence-electron chi connectivity index (χ0n) is 13.8. The topological polar surface area (TPSA) is 12.5 Å². The standard InChI is InChI=1S/C19H29NO/c1-4-16-21-19-14-11-13-18(17-19)12-9-7-8-10-15-20(5-2)6-3/h11,13-14,17H,4-7,9,12,15-16H2,1-3H3. The van der Waals surface area contributed by atoms with E-state index in [1.807, 2.05) is 6.07 Å². The molecule has 0 N–H and O–H groups in total. The summed E-state index contributed by atoms with van der Waals surface area (Å²) in [4.78, 5) is 2.33. The van der Waals surface area contributed by atoms with Crippen molar-refractivity contribution < 1.29 is 4.74 Å². The summed E-state index contributed by atoms with van der Waals surface area (Å²) < 4.78 is 5.66. The van der Waals surface area contributed by atoms with Crippen molar-refractivity contribution in [1.29, 1.82) is 0 Å². The highest BCUT2D eigenvalue weighted by Crippen LogP contribution is 2.15. The molecule has 0 saturated carbocycles. The number of ether oxygens (including phenoxy) is 1. The van der Waals surface area contributed by atoms with Crippen LogP contribution in [-0.4, -0.2) is 31.1 Å². The molecule has 0 heterocycles. The van der Waals surface area contributed by atoms with Gasteiger partial charge in [-0.25, -0.2) is 0 Å². The van der Waals surface area contributed by atoms with Crippen LogP contribution in [0.1, 0.15) is 45.6 Å². The van der Waals surface area contributed by atoms with E-state index in [-0.39, 0.29) is 0 Å². The lowest BCUT2D eigenvalue weighted by molar-refractivity contribution is 0.317. The van der Waals surface area contributed by atoms with E-state index in [9.17, 15) is 0 Å². The summed E-state index contributed by atoms with van der Waals surface area (Å²) in [5.41, 5.74) is 1.34. The second-order valence-electron chi connectivity index (χ2n) is 5.16. The van der Waals surface area contributed by atoms with Gasteiger partial charge in [-0.2, -0.15) is 0 Å². The van der Waals surface area contributed by atoms with Crippen molar-refractivity contribution in [3.63, 3.8) is 0 Å². The number of hydrogen-bond acceptors (Lipinski definition) is 2. The molecule has 0 amide bonds. The monoisotopic (exact) mass is 287 g/mol. The molecule has 0 aromatic heterocycles. The molecule has 2 heteroatoms. The first-order valence-electron chi connectivity index (χ1n) is 8.19. The van der Waals surface area contributed by atoms with E-state index in [0.29, 0.717) is 0 Å². The highest BCUT2D eigenvalue weighted by molar-refractivity contribution is 5.28. The molecule has 0 aliphatic carbocycles. The maximum Gasteiger partial charge on any atom is 0.119 e. The minimum Gasteiger partial charge on any atom is -0.494 e. The van der Waals surface area contributed by atoms with Crippen molar-refractivity contribution in [2.75, 3.05) is 26.2 Å². The van der Waals surface area contributed by atoms with E-state index in [1.165, 1.54) is 5.56 Å². The van der Waals surface area contributed by atoms with E-state index in [4.69, 9.17) is 4.74 Å². The molecule has 21 heavy (non-hydrogen) atoms. The van der Waals surface area contributed by atoms with Gasteiger partial charge in [0.2, 0.25) is 0 Å². The zero-order chi connectivity index (χ0) is 15.3. The van der Waals surface area contributed by atoms with Gasteiger partial charge in [-0.15, -0.1) is 5.92 Å². The molecule has 0 spiro atoms. The number of rotatable bonds is 9. The predicted octanol–water partition coefficient (Wildman–Crippen LogP) is 4.14. The van der Waals surface area contributed by atoms with Gasteiger partial charge in [-0.3, -0.25) is 4.90 Å². The minimum absolute atomic E-state index is 0.792. The molecule has 0 saturated heterocycles. The zero-order valence-corrected chi connectivity index (χ0v) is 13.8. The average molecular weight is 287 g/mol. The van der Waals surface area contributed by atoms with Crippen LogP contribution in [0, 0.1) is 11.8 Å². The number of hydrogen-bond donors (Lipinski definition) is 0. The smallest absolute Gasteiger partial charge is 0.119 e. The maximum absolute atomic E-state index is 5.66. The van der Waals surface area contributed by atoms with Crippen molar-refractivity contribution in [3.05, 3.63) is 29.8 Å². The van der Waals surface area contributed by atoms with Gasteiger partial charge in [0, 0.05) is 6.42 Å². The van der Waals surface area contributed by atoms with Gasteiger partial charge in [0.1, 0.15) is 5.75 Å². The van der Waals surface area contributed by atoms with Crippen LogP contribution in [0.25, 0.3) is 0 Å². The van der Waals surface area contributed by atoms with Gasteiger partial charge in [-0.1, -0.05) is 38.8 Å². The molecule has 1 aromatic rings. The summed E-state index contributed by atoms with van der Waals surface area (Å²) in [5.74, 6) is 7.53. The first-order valence-corrected chi connectivity index (χ1v) is 8.19. The average Bonchev–Trinajstić information content (AvgIpc) is 2.53. The molecule has 0 fully saturated rings.